The van der Waals surface area contributed by atoms with E-state index in [4.69, 9.17) is 21.1 Å². The van der Waals surface area contributed by atoms with Crippen LogP contribution in [0.5, 0.6) is 11.5 Å². The van der Waals surface area contributed by atoms with E-state index in [1.807, 2.05) is 26.0 Å². The third kappa shape index (κ3) is 3.50. The van der Waals surface area contributed by atoms with Gasteiger partial charge in [-0.05, 0) is 29.8 Å². The van der Waals surface area contributed by atoms with Gasteiger partial charge in [-0.2, -0.15) is 0 Å². The average Bonchev–Trinajstić information content (AvgIpc) is 3.01. The van der Waals surface area contributed by atoms with Crippen LogP contribution in [-0.4, -0.2) is 21.8 Å². The van der Waals surface area contributed by atoms with E-state index < -0.39 is 10.0 Å². The molecule has 3 rings (SSSR count). The fourth-order valence-electron chi connectivity index (χ4n) is 2.41. The first-order valence-corrected chi connectivity index (χ1v) is 9.29. The van der Waals surface area contributed by atoms with E-state index in [-0.39, 0.29) is 23.6 Å². The second-order valence-corrected chi connectivity index (χ2v) is 8.43. The van der Waals surface area contributed by atoms with E-state index in [1.54, 1.807) is 18.2 Å². The van der Waals surface area contributed by atoms with Crippen LogP contribution in [0.4, 0.5) is 0 Å². The summed E-state index contributed by atoms with van der Waals surface area (Å²) >= 11 is 5.90. The van der Waals surface area contributed by atoms with E-state index in [0.29, 0.717) is 16.5 Å². The number of hydrogen-bond donors (Lipinski definition) is 1. The highest BCUT2D eigenvalue weighted by molar-refractivity contribution is 7.89. The Kier molecular flexibility index (Phi) is 4.46. The quantitative estimate of drug-likeness (QED) is 0.880. The van der Waals surface area contributed by atoms with Crippen LogP contribution >= 0.6 is 11.6 Å². The molecule has 2 aromatic carbocycles. The van der Waals surface area contributed by atoms with Crippen molar-refractivity contribution in [3.05, 3.63) is 53.1 Å². The van der Waals surface area contributed by atoms with Gasteiger partial charge in [-0.1, -0.05) is 37.6 Å². The van der Waals surface area contributed by atoms with Gasteiger partial charge in [-0.15, -0.1) is 0 Å². The first-order chi connectivity index (χ1) is 11.3. The van der Waals surface area contributed by atoms with E-state index in [2.05, 4.69) is 4.72 Å². The van der Waals surface area contributed by atoms with Crippen molar-refractivity contribution in [3.63, 3.8) is 0 Å². The molecule has 0 atom stereocenters. The molecule has 128 valence electrons. The van der Waals surface area contributed by atoms with Crippen LogP contribution in [0.25, 0.3) is 0 Å². The maximum atomic E-state index is 12.5. The molecule has 5 nitrogen and oxygen atoms in total. The molecule has 1 heterocycles. The molecule has 0 saturated carbocycles. The van der Waals surface area contributed by atoms with Crippen LogP contribution in [0.1, 0.15) is 19.4 Å². The number of hydrogen-bond acceptors (Lipinski definition) is 4. The lowest BCUT2D eigenvalue weighted by molar-refractivity contribution is 0.174. The molecule has 1 aliphatic heterocycles. The van der Waals surface area contributed by atoms with Crippen LogP contribution < -0.4 is 14.2 Å². The lowest BCUT2D eigenvalue weighted by atomic mass is 9.85. The molecule has 0 amide bonds. The molecule has 0 saturated heterocycles. The minimum absolute atomic E-state index is 0.107. The summed E-state index contributed by atoms with van der Waals surface area (Å²) in [6, 6.07) is 12.0. The van der Waals surface area contributed by atoms with E-state index in [0.717, 1.165) is 5.56 Å². The zero-order valence-corrected chi connectivity index (χ0v) is 14.9. The third-order valence-corrected chi connectivity index (χ3v) is 5.64. The normalized spacial score (nSPS) is 14.0. The van der Waals surface area contributed by atoms with Crippen LogP contribution in [0.3, 0.4) is 0 Å². The summed E-state index contributed by atoms with van der Waals surface area (Å²) in [4.78, 5) is 0.152. The summed E-state index contributed by atoms with van der Waals surface area (Å²) in [6.07, 6.45) is 0. The van der Waals surface area contributed by atoms with Gasteiger partial charge in [0.05, 0.1) is 4.90 Å². The van der Waals surface area contributed by atoms with Crippen molar-refractivity contribution in [2.24, 2.45) is 0 Å². The number of benzene rings is 2. The number of halogens is 1. The zero-order chi connectivity index (χ0) is 17.4. The Morgan fingerprint density at radius 3 is 2.46 bits per heavy atom. The van der Waals surface area contributed by atoms with E-state index in [9.17, 15) is 8.42 Å². The molecule has 0 aliphatic carbocycles. The van der Waals surface area contributed by atoms with Crippen LogP contribution in [-0.2, 0) is 15.4 Å². The molecule has 0 spiro atoms. The minimum atomic E-state index is -3.64. The molecule has 0 unspecified atom stereocenters. The van der Waals surface area contributed by atoms with E-state index >= 15 is 0 Å². The number of nitrogens with one attached hydrogen (secondary N) is 1. The highest BCUT2D eigenvalue weighted by Crippen LogP contribution is 2.34. The molecular formula is C17H18ClNO4S. The van der Waals surface area contributed by atoms with Crippen molar-refractivity contribution >= 4 is 21.6 Å². The highest BCUT2D eigenvalue weighted by Gasteiger charge is 2.25. The Hall–Kier alpha value is -1.76. The van der Waals surface area contributed by atoms with Crippen LogP contribution in [0.2, 0.25) is 5.02 Å². The predicted molar refractivity (Wildman–Crippen MR) is 92.2 cm³/mol. The summed E-state index contributed by atoms with van der Waals surface area (Å²) in [7, 11) is -3.64. The van der Waals surface area contributed by atoms with Gasteiger partial charge in [-0.3, -0.25) is 0 Å². The first-order valence-electron chi connectivity index (χ1n) is 7.43. The Morgan fingerprint density at radius 2 is 1.75 bits per heavy atom. The van der Waals surface area contributed by atoms with Crippen molar-refractivity contribution in [2.45, 2.75) is 24.2 Å². The molecule has 1 N–H and O–H groups in total. The topological polar surface area (TPSA) is 64.6 Å². The SMILES string of the molecule is CC(C)(CNS(=O)(=O)c1ccc2c(c1)OCO2)c1ccc(Cl)cc1. The molecule has 2 aromatic rings. The van der Waals surface area contributed by atoms with E-state index in [1.165, 1.54) is 12.1 Å². The Bertz CT molecular complexity index is 847. The second kappa shape index (κ2) is 6.27. The molecule has 1 aliphatic rings. The van der Waals surface area contributed by atoms with Gasteiger partial charge in [0.25, 0.3) is 0 Å². The maximum Gasteiger partial charge on any atom is 0.240 e. The van der Waals surface area contributed by atoms with Crippen molar-refractivity contribution in [3.8, 4) is 11.5 Å². The third-order valence-electron chi connectivity index (χ3n) is 3.98. The summed E-state index contributed by atoms with van der Waals surface area (Å²) < 4.78 is 38.2. The fourth-order valence-corrected chi connectivity index (χ4v) is 3.76. The van der Waals surface area contributed by atoms with Gasteiger partial charge >= 0.3 is 0 Å². The molecule has 7 heteroatoms. The predicted octanol–water partition coefficient (Wildman–Crippen LogP) is 3.32. The average molecular weight is 368 g/mol. The second-order valence-electron chi connectivity index (χ2n) is 6.23. The summed E-state index contributed by atoms with van der Waals surface area (Å²) in [5, 5.41) is 0.649. The van der Waals surface area contributed by atoms with Gasteiger partial charge < -0.3 is 9.47 Å². The van der Waals surface area contributed by atoms with Gasteiger partial charge in [0.2, 0.25) is 16.8 Å². The Morgan fingerprint density at radius 1 is 1.08 bits per heavy atom. The van der Waals surface area contributed by atoms with Crippen molar-refractivity contribution in [1.29, 1.82) is 0 Å². The molecule has 0 aromatic heterocycles. The van der Waals surface area contributed by atoms with Crippen molar-refractivity contribution < 1.29 is 17.9 Å². The fraction of sp³-hybridized carbons (Fsp3) is 0.294. The monoisotopic (exact) mass is 367 g/mol. The molecule has 0 fully saturated rings. The minimum Gasteiger partial charge on any atom is -0.454 e. The number of sulfonamides is 1. The molecule has 0 bridgehead atoms. The Balaban J connectivity index is 1.76. The Labute approximate surface area is 146 Å². The van der Waals surface area contributed by atoms with Crippen molar-refractivity contribution in [1.82, 2.24) is 4.72 Å². The molecule has 24 heavy (non-hydrogen) atoms. The number of ether oxygens (including phenoxy) is 2. The number of fused-ring (bicyclic) bond motifs is 1. The lowest BCUT2D eigenvalue weighted by Crippen LogP contribution is -2.36. The number of rotatable bonds is 5. The highest BCUT2D eigenvalue weighted by atomic mass is 35.5. The zero-order valence-electron chi connectivity index (χ0n) is 13.4. The summed E-state index contributed by atoms with van der Waals surface area (Å²) in [5.41, 5.74) is 0.619. The van der Waals surface area contributed by atoms with Crippen molar-refractivity contribution in [2.75, 3.05) is 13.3 Å². The first kappa shape index (κ1) is 17.1. The van der Waals surface area contributed by atoms with Crippen LogP contribution in [0.15, 0.2) is 47.4 Å². The molecule has 0 radical (unpaired) electrons. The standard InChI is InChI=1S/C17H18ClNO4S/c1-17(2,12-3-5-13(18)6-4-12)10-19-24(20,21)14-7-8-15-16(9-14)23-11-22-15/h3-9,19H,10-11H2,1-2H3. The molecular weight excluding hydrogens is 350 g/mol. The van der Waals surface area contributed by atoms with Gasteiger partial charge in [0.1, 0.15) is 0 Å². The largest absolute Gasteiger partial charge is 0.454 e. The van der Waals surface area contributed by atoms with Gasteiger partial charge in [0, 0.05) is 23.0 Å². The summed E-state index contributed by atoms with van der Waals surface area (Å²) in [6.45, 7) is 4.30. The van der Waals surface area contributed by atoms with Crippen LogP contribution in [0, 0.1) is 0 Å². The summed E-state index contributed by atoms with van der Waals surface area (Å²) in [5.74, 6) is 0.991. The smallest absolute Gasteiger partial charge is 0.240 e. The lowest BCUT2D eigenvalue weighted by Gasteiger charge is -2.25. The maximum absolute atomic E-state index is 12.5. The van der Waals surface area contributed by atoms with Gasteiger partial charge in [-0.25, -0.2) is 13.1 Å². The van der Waals surface area contributed by atoms with Gasteiger partial charge in [0.15, 0.2) is 11.5 Å².